The molecule has 1 rings (SSSR count). The van der Waals surface area contributed by atoms with E-state index in [9.17, 15) is 0 Å². The number of hydrogen-bond donors (Lipinski definition) is 1. The van der Waals surface area contributed by atoms with Gasteiger partial charge in [0, 0.05) is 31.3 Å². The summed E-state index contributed by atoms with van der Waals surface area (Å²) in [5.74, 6) is 0. The summed E-state index contributed by atoms with van der Waals surface area (Å²) in [7, 11) is 3.73. The molecule has 0 amide bonds. The van der Waals surface area contributed by atoms with E-state index in [1.165, 1.54) is 5.56 Å². The smallest absolute Gasteiger partial charge is 0.0589 e. The predicted octanol–water partition coefficient (Wildman–Crippen LogP) is 2.96. The van der Waals surface area contributed by atoms with E-state index in [2.05, 4.69) is 23.2 Å². The molecule has 0 aromatic heterocycles. The molecule has 0 radical (unpaired) electrons. The van der Waals surface area contributed by atoms with Crippen molar-refractivity contribution in [2.45, 2.75) is 19.4 Å². The van der Waals surface area contributed by atoms with E-state index in [-0.39, 0.29) is 0 Å². The van der Waals surface area contributed by atoms with E-state index < -0.39 is 0 Å². The highest BCUT2D eigenvalue weighted by Gasteiger charge is 2.13. The number of rotatable bonds is 9. The van der Waals surface area contributed by atoms with Crippen LogP contribution >= 0.6 is 11.6 Å². The fourth-order valence-electron chi connectivity index (χ4n) is 2.17. The van der Waals surface area contributed by atoms with Crippen molar-refractivity contribution in [1.82, 2.24) is 10.2 Å². The highest BCUT2D eigenvalue weighted by molar-refractivity contribution is 6.31. The predicted molar refractivity (Wildman–Crippen MR) is 81.9 cm³/mol. The maximum absolute atomic E-state index is 6.26. The first-order valence-corrected chi connectivity index (χ1v) is 7.23. The molecule has 1 N–H and O–H groups in total. The van der Waals surface area contributed by atoms with E-state index in [0.29, 0.717) is 6.04 Å². The molecule has 0 bridgehead atoms. The Bertz CT molecular complexity index is 360. The number of nitrogens with one attached hydrogen (secondary N) is 1. The van der Waals surface area contributed by atoms with Crippen LogP contribution in [0.15, 0.2) is 24.3 Å². The lowest BCUT2D eigenvalue weighted by Crippen LogP contribution is -2.31. The second kappa shape index (κ2) is 9.32. The summed E-state index contributed by atoms with van der Waals surface area (Å²) < 4.78 is 5.13. The number of methoxy groups -OCH3 is 1. The van der Waals surface area contributed by atoms with Crippen LogP contribution in [-0.4, -0.2) is 45.3 Å². The number of benzene rings is 1. The van der Waals surface area contributed by atoms with Crippen LogP contribution in [0.3, 0.4) is 0 Å². The van der Waals surface area contributed by atoms with Gasteiger partial charge in [-0.25, -0.2) is 0 Å². The highest BCUT2D eigenvalue weighted by Crippen LogP contribution is 2.24. The molecule has 0 heterocycles. The van der Waals surface area contributed by atoms with Crippen LogP contribution in [0.5, 0.6) is 0 Å². The molecule has 0 spiro atoms. The quantitative estimate of drug-likeness (QED) is 0.754. The van der Waals surface area contributed by atoms with Crippen molar-refractivity contribution in [1.29, 1.82) is 0 Å². The van der Waals surface area contributed by atoms with Gasteiger partial charge in [-0.2, -0.15) is 0 Å². The summed E-state index contributed by atoms with van der Waals surface area (Å²) >= 11 is 6.26. The van der Waals surface area contributed by atoms with E-state index in [0.717, 1.165) is 37.7 Å². The Labute approximate surface area is 121 Å². The molecular weight excluding hydrogens is 260 g/mol. The summed E-state index contributed by atoms with van der Waals surface area (Å²) in [6.07, 6.45) is 1.04. The van der Waals surface area contributed by atoms with Gasteiger partial charge in [-0.1, -0.05) is 36.7 Å². The molecule has 108 valence electrons. The Balaban J connectivity index is 2.55. The van der Waals surface area contributed by atoms with Gasteiger partial charge < -0.3 is 15.0 Å². The van der Waals surface area contributed by atoms with Crippen LogP contribution < -0.4 is 5.32 Å². The second-order valence-electron chi connectivity index (χ2n) is 4.58. The topological polar surface area (TPSA) is 24.5 Å². The van der Waals surface area contributed by atoms with E-state index in [1.54, 1.807) is 7.11 Å². The Morgan fingerprint density at radius 3 is 2.63 bits per heavy atom. The fraction of sp³-hybridized carbons (Fsp3) is 0.600. The zero-order valence-electron chi connectivity index (χ0n) is 12.2. The number of hydrogen-bond acceptors (Lipinski definition) is 3. The summed E-state index contributed by atoms with van der Waals surface area (Å²) in [4.78, 5) is 2.39. The van der Waals surface area contributed by atoms with Crippen molar-refractivity contribution in [3.05, 3.63) is 34.9 Å². The first-order valence-electron chi connectivity index (χ1n) is 6.85. The Morgan fingerprint density at radius 2 is 2.05 bits per heavy atom. The van der Waals surface area contributed by atoms with Crippen LogP contribution in [0.25, 0.3) is 0 Å². The number of likely N-dealkylation sites (N-methyl/N-ethyl adjacent to an activating group) is 1. The molecular formula is C15H25ClN2O. The number of nitrogens with zero attached hydrogens (tertiary/aromatic N) is 1. The summed E-state index contributed by atoms with van der Waals surface area (Å²) in [5, 5.41) is 4.19. The molecule has 0 aliphatic heterocycles. The van der Waals surface area contributed by atoms with Crippen LogP contribution in [0.2, 0.25) is 5.02 Å². The maximum Gasteiger partial charge on any atom is 0.0589 e. The molecule has 1 aromatic rings. The van der Waals surface area contributed by atoms with Crippen LogP contribution in [0.1, 0.15) is 24.9 Å². The lowest BCUT2D eigenvalue weighted by Gasteiger charge is -2.24. The zero-order valence-corrected chi connectivity index (χ0v) is 12.9. The first-order chi connectivity index (χ1) is 9.22. The molecule has 1 atom stereocenters. The van der Waals surface area contributed by atoms with Gasteiger partial charge in [0.05, 0.1) is 6.61 Å². The lowest BCUT2D eigenvalue weighted by atomic mass is 10.0. The normalized spacial score (nSPS) is 12.9. The van der Waals surface area contributed by atoms with Crippen molar-refractivity contribution in [3.63, 3.8) is 0 Å². The Kier molecular flexibility index (Phi) is 8.07. The average molecular weight is 285 g/mol. The number of ether oxygens (including phenoxy) is 1. The minimum atomic E-state index is 0.297. The standard InChI is InChI=1S/C15H25ClN2O/c1-4-18(11-12-19-3)10-9-15(17-2)13-7-5-6-8-14(13)16/h5-8,15,17H,4,9-12H2,1-3H3. The van der Waals surface area contributed by atoms with Crippen molar-refractivity contribution >= 4 is 11.6 Å². The molecule has 0 aliphatic rings. The van der Waals surface area contributed by atoms with E-state index in [1.807, 2.05) is 25.2 Å². The van der Waals surface area contributed by atoms with Crippen molar-refractivity contribution in [2.24, 2.45) is 0 Å². The van der Waals surface area contributed by atoms with Gasteiger partial charge >= 0.3 is 0 Å². The third kappa shape index (κ3) is 5.49. The fourth-order valence-corrected chi connectivity index (χ4v) is 2.44. The summed E-state index contributed by atoms with van der Waals surface area (Å²) in [6.45, 7) is 6.02. The highest BCUT2D eigenvalue weighted by atomic mass is 35.5. The van der Waals surface area contributed by atoms with Gasteiger partial charge in [0.2, 0.25) is 0 Å². The van der Waals surface area contributed by atoms with Crippen LogP contribution in [0.4, 0.5) is 0 Å². The van der Waals surface area contributed by atoms with Crippen LogP contribution in [-0.2, 0) is 4.74 Å². The average Bonchev–Trinajstić information content (AvgIpc) is 2.44. The molecule has 1 unspecified atom stereocenters. The molecule has 1 aromatic carbocycles. The van der Waals surface area contributed by atoms with Crippen molar-refractivity contribution < 1.29 is 4.74 Å². The Morgan fingerprint density at radius 1 is 1.32 bits per heavy atom. The second-order valence-corrected chi connectivity index (χ2v) is 4.99. The van der Waals surface area contributed by atoms with E-state index >= 15 is 0 Å². The SMILES string of the molecule is CCN(CCOC)CCC(NC)c1ccccc1Cl. The summed E-state index contributed by atoms with van der Waals surface area (Å²) in [6, 6.07) is 8.34. The van der Waals surface area contributed by atoms with Crippen molar-refractivity contribution in [2.75, 3.05) is 40.4 Å². The minimum absolute atomic E-state index is 0.297. The first kappa shape index (κ1) is 16.4. The molecule has 4 heteroatoms. The Hall–Kier alpha value is -0.610. The molecule has 0 aliphatic carbocycles. The number of halogens is 1. The minimum Gasteiger partial charge on any atom is -0.383 e. The summed E-state index contributed by atoms with van der Waals surface area (Å²) in [5.41, 5.74) is 1.18. The zero-order chi connectivity index (χ0) is 14.1. The third-order valence-electron chi connectivity index (χ3n) is 3.42. The van der Waals surface area contributed by atoms with Gasteiger partial charge in [0.1, 0.15) is 0 Å². The van der Waals surface area contributed by atoms with Gasteiger partial charge in [-0.05, 0) is 31.6 Å². The lowest BCUT2D eigenvalue weighted by molar-refractivity contribution is 0.148. The maximum atomic E-state index is 6.26. The van der Waals surface area contributed by atoms with E-state index in [4.69, 9.17) is 16.3 Å². The van der Waals surface area contributed by atoms with Gasteiger partial charge in [-0.15, -0.1) is 0 Å². The monoisotopic (exact) mass is 284 g/mol. The van der Waals surface area contributed by atoms with Crippen LogP contribution in [0, 0.1) is 0 Å². The molecule has 0 saturated carbocycles. The molecule has 0 fully saturated rings. The van der Waals surface area contributed by atoms with Crippen molar-refractivity contribution in [3.8, 4) is 0 Å². The molecule has 3 nitrogen and oxygen atoms in total. The third-order valence-corrected chi connectivity index (χ3v) is 3.77. The van der Waals surface area contributed by atoms with Gasteiger partial charge in [-0.3, -0.25) is 0 Å². The largest absolute Gasteiger partial charge is 0.383 e. The van der Waals surface area contributed by atoms with Gasteiger partial charge in [0.15, 0.2) is 0 Å². The van der Waals surface area contributed by atoms with Gasteiger partial charge in [0.25, 0.3) is 0 Å². The molecule has 0 saturated heterocycles. The molecule has 19 heavy (non-hydrogen) atoms.